The molecule has 0 saturated heterocycles. The predicted molar refractivity (Wildman–Crippen MR) is 106 cm³/mol. The summed E-state index contributed by atoms with van der Waals surface area (Å²) in [7, 11) is 0. The number of alkyl halides is 3. The molecule has 5 nitrogen and oxygen atoms in total. The molecule has 0 aliphatic heterocycles. The van der Waals surface area contributed by atoms with E-state index in [1.165, 1.54) is 6.07 Å². The summed E-state index contributed by atoms with van der Waals surface area (Å²) in [6.45, 7) is 2.40. The van der Waals surface area contributed by atoms with Crippen molar-refractivity contribution in [1.82, 2.24) is 9.55 Å². The lowest BCUT2D eigenvalue weighted by Gasteiger charge is -2.10. The van der Waals surface area contributed by atoms with Crippen molar-refractivity contribution in [2.45, 2.75) is 31.2 Å². The van der Waals surface area contributed by atoms with Crippen molar-refractivity contribution in [2.24, 2.45) is 0 Å². The first-order valence-electron chi connectivity index (χ1n) is 8.82. The molecule has 0 saturated carbocycles. The number of carbonyl (C=O) groups is 1. The largest absolute Gasteiger partial charge is 0.416 e. The summed E-state index contributed by atoms with van der Waals surface area (Å²) in [5.41, 5.74) is 0.870. The van der Waals surface area contributed by atoms with Gasteiger partial charge in [-0.2, -0.15) is 18.4 Å². The first-order chi connectivity index (χ1) is 13.8. The molecule has 0 atom stereocenters. The highest BCUT2D eigenvalue weighted by atomic mass is 32.2. The van der Waals surface area contributed by atoms with E-state index in [2.05, 4.69) is 10.3 Å². The Morgan fingerprint density at radius 2 is 2.03 bits per heavy atom. The molecule has 29 heavy (non-hydrogen) atoms. The number of halogens is 3. The molecule has 2 aromatic carbocycles. The zero-order valence-electron chi connectivity index (χ0n) is 15.5. The minimum Gasteiger partial charge on any atom is -0.324 e. The van der Waals surface area contributed by atoms with Crippen LogP contribution in [-0.4, -0.2) is 21.2 Å². The fourth-order valence-electron chi connectivity index (χ4n) is 2.83. The van der Waals surface area contributed by atoms with Crippen molar-refractivity contribution >= 4 is 34.4 Å². The lowest BCUT2D eigenvalue weighted by molar-refractivity contribution is -0.137. The van der Waals surface area contributed by atoms with E-state index in [9.17, 15) is 18.0 Å². The molecule has 1 N–H and O–H groups in total. The molecule has 1 amide bonds. The van der Waals surface area contributed by atoms with Gasteiger partial charge in [0.25, 0.3) is 0 Å². The molecule has 1 heterocycles. The second-order valence-electron chi connectivity index (χ2n) is 6.24. The molecular formula is C20H17F3N4OS. The highest BCUT2D eigenvalue weighted by molar-refractivity contribution is 7.99. The second kappa shape index (κ2) is 8.57. The Labute approximate surface area is 169 Å². The van der Waals surface area contributed by atoms with Crippen LogP contribution in [0.5, 0.6) is 0 Å². The van der Waals surface area contributed by atoms with Gasteiger partial charge in [-0.25, -0.2) is 4.98 Å². The zero-order chi connectivity index (χ0) is 21.0. The van der Waals surface area contributed by atoms with Crippen LogP contribution in [0.1, 0.15) is 24.5 Å². The van der Waals surface area contributed by atoms with E-state index in [1.54, 1.807) is 28.8 Å². The van der Waals surface area contributed by atoms with Crippen molar-refractivity contribution in [1.29, 1.82) is 5.26 Å². The Bertz CT molecular complexity index is 1090. The fraction of sp³-hybridized carbons (Fsp3) is 0.250. The molecule has 0 aliphatic carbocycles. The van der Waals surface area contributed by atoms with E-state index in [1.807, 2.05) is 13.0 Å². The standard InChI is InChI=1S/C20H17F3N4OS/c1-2-9-27-17-10-14(20(21,22)23)7-8-16(17)26-19(27)29-12-18(28)25-15-6-4-3-5-13(15)11-24/h3-8,10H,2,9,12H2,1H3,(H,25,28). The summed E-state index contributed by atoms with van der Waals surface area (Å²) >= 11 is 1.14. The van der Waals surface area contributed by atoms with Gasteiger partial charge in [0.15, 0.2) is 5.16 Å². The van der Waals surface area contributed by atoms with Gasteiger partial charge in [-0.3, -0.25) is 4.79 Å². The van der Waals surface area contributed by atoms with E-state index >= 15 is 0 Å². The van der Waals surface area contributed by atoms with Gasteiger partial charge < -0.3 is 9.88 Å². The molecule has 3 rings (SSSR count). The summed E-state index contributed by atoms with van der Waals surface area (Å²) in [5.74, 6) is -0.317. The van der Waals surface area contributed by atoms with Gasteiger partial charge in [0.05, 0.1) is 33.6 Å². The SMILES string of the molecule is CCCn1c(SCC(=O)Nc2ccccc2C#N)nc2ccc(C(F)(F)F)cc21. The normalized spacial score (nSPS) is 11.4. The molecule has 0 spiro atoms. The van der Waals surface area contributed by atoms with Crippen LogP contribution in [0.4, 0.5) is 18.9 Å². The topological polar surface area (TPSA) is 70.7 Å². The maximum Gasteiger partial charge on any atom is 0.416 e. The van der Waals surface area contributed by atoms with Gasteiger partial charge in [-0.15, -0.1) is 0 Å². The van der Waals surface area contributed by atoms with Crippen LogP contribution in [0, 0.1) is 11.3 Å². The number of thioether (sulfide) groups is 1. The van der Waals surface area contributed by atoms with Crippen molar-refractivity contribution in [2.75, 3.05) is 11.1 Å². The van der Waals surface area contributed by atoms with Crippen molar-refractivity contribution in [3.05, 3.63) is 53.6 Å². The van der Waals surface area contributed by atoms with Crippen LogP contribution < -0.4 is 5.32 Å². The van der Waals surface area contributed by atoms with Crippen LogP contribution in [0.2, 0.25) is 0 Å². The lowest BCUT2D eigenvalue weighted by Crippen LogP contribution is -2.15. The molecule has 0 fully saturated rings. The smallest absolute Gasteiger partial charge is 0.324 e. The Hall–Kier alpha value is -2.99. The van der Waals surface area contributed by atoms with Gasteiger partial charge in [0.2, 0.25) is 5.91 Å². The number of hydrogen-bond donors (Lipinski definition) is 1. The van der Waals surface area contributed by atoms with Crippen LogP contribution in [-0.2, 0) is 17.5 Å². The Balaban J connectivity index is 1.81. The number of amides is 1. The number of nitrogens with zero attached hydrogens (tertiary/aromatic N) is 3. The fourth-order valence-corrected chi connectivity index (χ4v) is 3.67. The molecule has 0 unspecified atom stereocenters. The number of para-hydroxylation sites is 1. The molecule has 0 radical (unpaired) electrons. The molecule has 9 heteroatoms. The van der Waals surface area contributed by atoms with Gasteiger partial charge in [0, 0.05) is 6.54 Å². The number of nitrogens with one attached hydrogen (secondary N) is 1. The highest BCUT2D eigenvalue weighted by Crippen LogP contribution is 2.33. The summed E-state index contributed by atoms with van der Waals surface area (Å²) in [4.78, 5) is 16.7. The Kier molecular flexibility index (Phi) is 6.13. The maximum atomic E-state index is 13.1. The van der Waals surface area contributed by atoms with Crippen LogP contribution in [0.25, 0.3) is 11.0 Å². The summed E-state index contributed by atoms with van der Waals surface area (Å²) in [6.07, 6.45) is -3.73. The minimum atomic E-state index is -4.43. The average Bonchev–Trinajstić information content (AvgIpc) is 3.03. The van der Waals surface area contributed by atoms with Gasteiger partial charge >= 0.3 is 6.18 Å². The third-order valence-corrected chi connectivity index (χ3v) is 5.12. The average molecular weight is 418 g/mol. The first kappa shape index (κ1) is 20.7. The van der Waals surface area contributed by atoms with Crippen molar-refractivity contribution < 1.29 is 18.0 Å². The third-order valence-electron chi connectivity index (χ3n) is 4.14. The molecule has 1 aromatic heterocycles. The number of carbonyl (C=O) groups excluding carboxylic acids is 1. The number of nitriles is 1. The highest BCUT2D eigenvalue weighted by Gasteiger charge is 2.31. The molecular weight excluding hydrogens is 401 g/mol. The summed E-state index contributed by atoms with van der Waals surface area (Å²) in [5, 5.41) is 12.2. The zero-order valence-corrected chi connectivity index (χ0v) is 16.3. The van der Waals surface area contributed by atoms with E-state index in [0.717, 1.165) is 23.9 Å². The molecule has 3 aromatic rings. The summed E-state index contributed by atoms with van der Waals surface area (Å²) < 4.78 is 40.9. The van der Waals surface area contributed by atoms with Gasteiger partial charge in [0.1, 0.15) is 6.07 Å². The minimum absolute atomic E-state index is 0.0128. The van der Waals surface area contributed by atoms with Crippen molar-refractivity contribution in [3.63, 3.8) is 0 Å². The Morgan fingerprint density at radius 3 is 2.72 bits per heavy atom. The third kappa shape index (κ3) is 4.71. The number of fused-ring (bicyclic) bond motifs is 1. The number of rotatable bonds is 6. The van der Waals surface area contributed by atoms with Gasteiger partial charge in [-0.05, 0) is 36.8 Å². The van der Waals surface area contributed by atoms with E-state index in [-0.39, 0.29) is 11.7 Å². The first-order valence-corrected chi connectivity index (χ1v) is 9.81. The van der Waals surface area contributed by atoms with E-state index in [0.29, 0.717) is 40.4 Å². The predicted octanol–water partition coefficient (Wildman–Crippen LogP) is 5.07. The molecule has 0 bridgehead atoms. The van der Waals surface area contributed by atoms with E-state index < -0.39 is 11.7 Å². The second-order valence-corrected chi connectivity index (χ2v) is 7.18. The van der Waals surface area contributed by atoms with Crippen molar-refractivity contribution in [3.8, 4) is 6.07 Å². The van der Waals surface area contributed by atoms with Crippen LogP contribution >= 0.6 is 11.8 Å². The number of aromatic nitrogens is 2. The Morgan fingerprint density at radius 1 is 1.28 bits per heavy atom. The monoisotopic (exact) mass is 418 g/mol. The van der Waals surface area contributed by atoms with Crippen LogP contribution in [0.15, 0.2) is 47.6 Å². The number of aryl methyl sites for hydroxylation is 1. The van der Waals surface area contributed by atoms with Gasteiger partial charge in [-0.1, -0.05) is 30.8 Å². The van der Waals surface area contributed by atoms with E-state index in [4.69, 9.17) is 5.26 Å². The number of benzene rings is 2. The molecule has 150 valence electrons. The number of imidazole rings is 1. The number of hydrogen-bond acceptors (Lipinski definition) is 4. The quantitative estimate of drug-likeness (QED) is 0.568. The molecule has 0 aliphatic rings. The number of anilines is 1. The maximum absolute atomic E-state index is 13.1. The lowest BCUT2D eigenvalue weighted by atomic mass is 10.2. The van der Waals surface area contributed by atoms with Crippen LogP contribution in [0.3, 0.4) is 0 Å². The summed E-state index contributed by atoms with van der Waals surface area (Å²) in [6, 6.07) is 12.1.